The second kappa shape index (κ2) is 6.42. The normalized spacial score (nSPS) is 15.3. The molecule has 18 heavy (non-hydrogen) atoms. The van der Waals surface area contributed by atoms with Crippen molar-refractivity contribution in [3.8, 4) is 0 Å². The first-order valence-electron chi connectivity index (χ1n) is 5.47. The summed E-state index contributed by atoms with van der Waals surface area (Å²) in [7, 11) is -4.66. The van der Waals surface area contributed by atoms with Crippen molar-refractivity contribution in [3.63, 3.8) is 0 Å². The lowest BCUT2D eigenvalue weighted by Crippen LogP contribution is -2.36. The van der Waals surface area contributed by atoms with Crippen molar-refractivity contribution in [3.05, 3.63) is 29.8 Å². The number of hydrogen-bond acceptors (Lipinski definition) is 4. The Morgan fingerprint density at radius 3 is 2.56 bits per heavy atom. The lowest BCUT2D eigenvalue weighted by atomic mass is 10.2. The molecule has 0 aliphatic heterocycles. The third kappa shape index (κ3) is 4.16. The van der Waals surface area contributed by atoms with Crippen LogP contribution in [0, 0.1) is 0 Å². The molecule has 0 aliphatic rings. The minimum Gasteiger partial charge on any atom is -0.326 e. The average molecular weight is 290 g/mol. The smallest absolute Gasteiger partial charge is 0.241 e. The van der Waals surface area contributed by atoms with Gasteiger partial charge in [0.2, 0.25) is 10.0 Å². The van der Waals surface area contributed by atoms with Gasteiger partial charge in [0.05, 0.1) is 4.90 Å². The minimum atomic E-state index is -3.61. The summed E-state index contributed by atoms with van der Waals surface area (Å²) in [5, 5.41) is 0. The maximum absolute atomic E-state index is 12.1. The van der Waals surface area contributed by atoms with E-state index in [1.165, 1.54) is 6.07 Å². The van der Waals surface area contributed by atoms with Gasteiger partial charge in [-0.3, -0.25) is 4.21 Å². The van der Waals surface area contributed by atoms with Gasteiger partial charge in [-0.2, -0.15) is 0 Å². The van der Waals surface area contributed by atoms with Crippen molar-refractivity contribution in [2.75, 3.05) is 12.0 Å². The van der Waals surface area contributed by atoms with Crippen molar-refractivity contribution < 1.29 is 12.6 Å². The topological polar surface area (TPSA) is 89.3 Å². The molecule has 7 heteroatoms. The van der Waals surface area contributed by atoms with E-state index in [1.807, 2.05) is 0 Å². The van der Waals surface area contributed by atoms with Crippen LogP contribution in [0.5, 0.6) is 0 Å². The van der Waals surface area contributed by atoms with Gasteiger partial charge in [0.25, 0.3) is 0 Å². The summed E-state index contributed by atoms with van der Waals surface area (Å²) in [5.41, 5.74) is 6.08. The molecule has 5 nitrogen and oxygen atoms in total. The first kappa shape index (κ1) is 15.3. The van der Waals surface area contributed by atoms with Crippen molar-refractivity contribution in [1.29, 1.82) is 0 Å². The average Bonchev–Trinajstić information content (AvgIpc) is 2.27. The minimum absolute atomic E-state index is 0.158. The van der Waals surface area contributed by atoms with Gasteiger partial charge in [0, 0.05) is 35.4 Å². The zero-order chi connectivity index (χ0) is 13.8. The summed E-state index contributed by atoms with van der Waals surface area (Å²) < 4.78 is 37.8. The van der Waals surface area contributed by atoms with E-state index in [-0.39, 0.29) is 23.2 Å². The molecule has 0 fully saturated rings. The van der Waals surface area contributed by atoms with Crippen LogP contribution in [0.4, 0.5) is 0 Å². The Labute approximate surface area is 110 Å². The van der Waals surface area contributed by atoms with Gasteiger partial charge in [0.15, 0.2) is 0 Å². The Bertz CT molecular complexity index is 529. The Kier molecular flexibility index (Phi) is 5.46. The maximum atomic E-state index is 12.1. The molecule has 0 bridgehead atoms. The summed E-state index contributed by atoms with van der Waals surface area (Å²) in [6, 6.07) is 6.20. The first-order valence-corrected chi connectivity index (χ1v) is 8.68. The van der Waals surface area contributed by atoms with Crippen LogP contribution in [0.25, 0.3) is 0 Å². The van der Waals surface area contributed by atoms with E-state index in [0.29, 0.717) is 5.56 Å². The Morgan fingerprint density at radius 1 is 1.39 bits per heavy atom. The van der Waals surface area contributed by atoms with Gasteiger partial charge in [0.1, 0.15) is 0 Å². The van der Waals surface area contributed by atoms with Crippen LogP contribution in [-0.4, -0.2) is 30.7 Å². The van der Waals surface area contributed by atoms with E-state index < -0.39 is 20.8 Å². The van der Waals surface area contributed by atoms with Crippen LogP contribution in [-0.2, 0) is 27.4 Å². The highest BCUT2D eigenvalue weighted by molar-refractivity contribution is 7.89. The molecule has 3 N–H and O–H groups in total. The quantitative estimate of drug-likeness (QED) is 0.782. The molecule has 1 rings (SSSR count). The number of nitrogens with one attached hydrogen (secondary N) is 1. The highest BCUT2D eigenvalue weighted by atomic mass is 32.2. The van der Waals surface area contributed by atoms with Gasteiger partial charge < -0.3 is 5.73 Å². The molecule has 0 amide bonds. The zero-order valence-corrected chi connectivity index (χ0v) is 12.1. The van der Waals surface area contributed by atoms with Crippen molar-refractivity contribution in [1.82, 2.24) is 4.72 Å². The van der Waals surface area contributed by atoms with Crippen LogP contribution in [0.3, 0.4) is 0 Å². The number of nitrogens with two attached hydrogens (primary N) is 1. The predicted molar refractivity (Wildman–Crippen MR) is 73.1 cm³/mol. The summed E-state index contributed by atoms with van der Waals surface area (Å²) in [5.74, 6) is 0.282. The number of rotatable bonds is 6. The SMILES string of the molecule is CC(CS(C)=O)NS(=O)(=O)c1ccccc1CN. The van der Waals surface area contributed by atoms with E-state index >= 15 is 0 Å². The van der Waals surface area contributed by atoms with Gasteiger partial charge in [-0.1, -0.05) is 18.2 Å². The molecule has 1 aromatic carbocycles. The third-order valence-electron chi connectivity index (χ3n) is 2.32. The van der Waals surface area contributed by atoms with E-state index in [0.717, 1.165) is 0 Å². The van der Waals surface area contributed by atoms with Crippen LogP contribution >= 0.6 is 0 Å². The van der Waals surface area contributed by atoms with E-state index in [1.54, 1.807) is 31.4 Å². The molecule has 0 spiro atoms. The van der Waals surface area contributed by atoms with Crippen LogP contribution in [0.2, 0.25) is 0 Å². The van der Waals surface area contributed by atoms with E-state index in [4.69, 9.17) is 5.73 Å². The molecule has 0 saturated carbocycles. The first-order chi connectivity index (χ1) is 8.36. The Balaban J connectivity index is 2.96. The molecule has 2 unspecified atom stereocenters. The van der Waals surface area contributed by atoms with Gasteiger partial charge in [-0.15, -0.1) is 0 Å². The molecule has 0 aliphatic carbocycles. The highest BCUT2D eigenvalue weighted by Crippen LogP contribution is 2.15. The predicted octanol–water partition coefficient (Wildman–Crippen LogP) is 0.191. The monoisotopic (exact) mass is 290 g/mol. The van der Waals surface area contributed by atoms with Crippen LogP contribution in [0.1, 0.15) is 12.5 Å². The molecule has 1 aromatic rings. The number of hydrogen-bond donors (Lipinski definition) is 2. The van der Waals surface area contributed by atoms with Gasteiger partial charge >= 0.3 is 0 Å². The molecule has 0 saturated heterocycles. The molecule has 0 radical (unpaired) electrons. The fourth-order valence-electron chi connectivity index (χ4n) is 1.65. The molecule has 0 aromatic heterocycles. The lowest BCUT2D eigenvalue weighted by molar-refractivity contribution is 0.569. The van der Waals surface area contributed by atoms with Gasteiger partial charge in [-0.05, 0) is 18.6 Å². The number of benzene rings is 1. The van der Waals surface area contributed by atoms with E-state index in [2.05, 4.69) is 4.72 Å². The molecule has 0 heterocycles. The largest absolute Gasteiger partial charge is 0.326 e. The summed E-state index contributed by atoms with van der Waals surface area (Å²) in [4.78, 5) is 0.182. The fraction of sp³-hybridized carbons (Fsp3) is 0.455. The van der Waals surface area contributed by atoms with Crippen molar-refractivity contribution >= 4 is 20.8 Å². The Morgan fingerprint density at radius 2 is 2.00 bits per heavy atom. The van der Waals surface area contributed by atoms with Gasteiger partial charge in [-0.25, -0.2) is 13.1 Å². The fourth-order valence-corrected chi connectivity index (χ4v) is 4.04. The Hall–Kier alpha value is -0.760. The van der Waals surface area contributed by atoms with Crippen LogP contribution in [0.15, 0.2) is 29.2 Å². The molecule has 2 atom stereocenters. The summed E-state index contributed by atoms with van der Waals surface area (Å²) in [6.45, 7) is 1.84. The lowest BCUT2D eigenvalue weighted by Gasteiger charge is -2.14. The maximum Gasteiger partial charge on any atom is 0.241 e. The van der Waals surface area contributed by atoms with E-state index in [9.17, 15) is 12.6 Å². The van der Waals surface area contributed by atoms with Crippen LogP contribution < -0.4 is 10.5 Å². The molecular formula is C11H18N2O3S2. The summed E-state index contributed by atoms with van der Waals surface area (Å²) >= 11 is 0. The summed E-state index contributed by atoms with van der Waals surface area (Å²) in [6.07, 6.45) is 1.54. The van der Waals surface area contributed by atoms with Crippen molar-refractivity contribution in [2.24, 2.45) is 5.73 Å². The van der Waals surface area contributed by atoms with Crippen molar-refractivity contribution in [2.45, 2.75) is 24.4 Å². The second-order valence-electron chi connectivity index (χ2n) is 4.07. The standard InChI is InChI=1S/C11H18N2O3S2/c1-9(8-17(2)14)13-18(15,16)11-6-4-3-5-10(11)7-12/h3-6,9,13H,7-8,12H2,1-2H3. The molecule has 102 valence electrons. The zero-order valence-electron chi connectivity index (χ0n) is 10.4. The highest BCUT2D eigenvalue weighted by Gasteiger charge is 2.20. The molecular weight excluding hydrogens is 272 g/mol. The number of sulfonamides is 1. The third-order valence-corrected chi connectivity index (χ3v) is 4.98. The second-order valence-corrected chi connectivity index (χ2v) is 7.24.